The molecule has 0 aromatic carbocycles. The Morgan fingerprint density at radius 3 is 2.69 bits per heavy atom. The summed E-state index contributed by atoms with van der Waals surface area (Å²) in [4.78, 5) is 4.40. The van der Waals surface area contributed by atoms with Crippen LogP contribution in [0.3, 0.4) is 0 Å². The van der Waals surface area contributed by atoms with E-state index in [4.69, 9.17) is 0 Å². The van der Waals surface area contributed by atoms with Crippen molar-refractivity contribution < 1.29 is 0 Å². The first-order valence-electron chi connectivity index (χ1n) is 6.41. The molecule has 0 saturated heterocycles. The second-order valence-electron chi connectivity index (χ2n) is 4.46. The predicted octanol–water partition coefficient (Wildman–Crippen LogP) is 3.04. The van der Waals surface area contributed by atoms with Gasteiger partial charge in [0.25, 0.3) is 0 Å². The van der Waals surface area contributed by atoms with Gasteiger partial charge in [-0.1, -0.05) is 33.3 Å². The predicted molar refractivity (Wildman–Crippen MR) is 69.5 cm³/mol. The van der Waals surface area contributed by atoms with Gasteiger partial charge < -0.3 is 5.32 Å². The largest absolute Gasteiger partial charge is 0.314 e. The third-order valence-electron chi connectivity index (χ3n) is 3.05. The second kappa shape index (κ2) is 7.39. The Morgan fingerprint density at radius 2 is 2.12 bits per heavy atom. The summed E-state index contributed by atoms with van der Waals surface area (Å²) in [5.41, 5.74) is 1.19. The number of rotatable bonds is 7. The first-order chi connectivity index (χ1) is 7.77. The van der Waals surface area contributed by atoms with Crippen molar-refractivity contribution >= 4 is 0 Å². The zero-order valence-corrected chi connectivity index (χ0v) is 10.7. The molecular formula is C14H24N2. The second-order valence-corrected chi connectivity index (χ2v) is 4.46. The van der Waals surface area contributed by atoms with E-state index in [1.807, 2.05) is 12.3 Å². The summed E-state index contributed by atoms with van der Waals surface area (Å²) in [7, 11) is 0. The van der Waals surface area contributed by atoms with Gasteiger partial charge in [-0.3, -0.25) is 4.98 Å². The lowest BCUT2D eigenvalue weighted by Gasteiger charge is -2.24. The normalized spacial score (nSPS) is 14.7. The van der Waals surface area contributed by atoms with Gasteiger partial charge >= 0.3 is 0 Å². The van der Waals surface area contributed by atoms with Gasteiger partial charge in [0.2, 0.25) is 0 Å². The fraction of sp³-hybridized carbons (Fsp3) is 0.643. The maximum Gasteiger partial charge on any atom is 0.0419 e. The number of nitrogens with zero attached hydrogens (tertiary/aromatic N) is 1. The van der Waals surface area contributed by atoms with Crippen LogP contribution in [0.4, 0.5) is 0 Å². The van der Waals surface area contributed by atoms with E-state index >= 15 is 0 Å². The van der Waals surface area contributed by atoms with E-state index in [1.54, 1.807) is 0 Å². The lowest BCUT2D eigenvalue weighted by molar-refractivity contribution is 0.356. The summed E-state index contributed by atoms with van der Waals surface area (Å²) < 4.78 is 0. The minimum atomic E-state index is 0.555. The number of likely N-dealkylation sites (N-methyl/N-ethyl adjacent to an activating group) is 1. The summed E-state index contributed by atoms with van der Waals surface area (Å²) in [6, 6.07) is 6.71. The van der Waals surface area contributed by atoms with Crippen molar-refractivity contribution in [1.82, 2.24) is 10.3 Å². The molecule has 2 nitrogen and oxygen atoms in total. The van der Waals surface area contributed by atoms with Crippen LogP contribution < -0.4 is 5.32 Å². The molecule has 90 valence electrons. The van der Waals surface area contributed by atoms with Crippen LogP contribution in [0.25, 0.3) is 0 Å². The zero-order valence-electron chi connectivity index (χ0n) is 10.7. The van der Waals surface area contributed by atoms with Crippen LogP contribution in [0.15, 0.2) is 24.4 Å². The fourth-order valence-corrected chi connectivity index (χ4v) is 2.14. The van der Waals surface area contributed by atoms with E-state index < -0.39 is 0 Å². The molecule has 2 heteroatoms. The van der Waals surface area contributed by atoms with Gasteiger partial charge in [-0.15, -0.1) is 0 Å². The quantitative estimate of drug-likeness (QED) is 0.764. The Morgan fingerprint density at radius 1 is 1.31 bits per heavy atom. The molecule has 1 aromatic heterocycles. The average Bonchev–Trinajstić information content (AvgIpc) is 2.30. The van der Waals surface area contributed by atoms with E-state index in [2.05, 4.69) is 43.2 Å². The number of hydrogen-bond donors (Lipinski definition) is 1. The lowest BCUT2D eigenvalue weighted by Crippen LogP contribution is -2.37. The molecule has 2 atom stereocenters. The molecule has 16 heavy (non-hydrogen) atoms. The number of pyridine rings is 1. The first kappa shape index (κ1) is 13.2. The molecule has 0 bridgehead atoms. The first-order valence-corrected chi connectivity index (χ1v) is 6.41. The number of hydrogen-bond acceptors (Lipinski definition) is 2. The van der Waals surface area contributed by atoms with E-state index in [1.165, 1.54) is 18.5 Å². The fourth-order valence-electron chi connectivity index (χ4n) is 2.14. The van der Waals surface area contributed by atoms with Crippen molar-refractivity contribution in [3.8, 4) is 0 Å². The van der Waals surface area contributed by atoms with Crippen LogP contribution in [0.2, 0.25) is 0 Å². The van der Waals surface area contributed by atoms with Gasteiger partial charge in [-0.25, -0.2) is 0 Å². The highest BCUT2D eigenvalue weighted by Gasteiger charge is 2.16. The summed E-state index contributed by atoms with van der Waals surface area (Å²) in [5.74, 6) is 0.715. The average molecular weight is 220 g/mol. The molecule has 0 fully saturated rings. The third-order valence-corrected chi connectivity index (χ3v) is 3.05. The highest BCUT2D eigenvalue weighted by atomic mass is 14.9. The van der Waals surface area contributed by atoms with Crippen molar-refractivity contribution in [2.45, 2.75) is 46.1 Å². The summed E-state index contributed by atoms with van der Waals surface area (Å²) in [5, 5.41) is 3.58. The van der Waals surface area contributed by atoms with E-state index in [-0.39, 0.29) is 0 Å². The van der Waals surface area contributed by atoms with Gasteiger partial charge in [-0.2, -0.15) is 0 Å². The molecule has 0 radical (unpaired) electrons. The van der Waals surface area contributed by atoms with Crippen LogP contribution in [-0.2, 0) is 6.42 Å². The van der Waals surface area contributed by atoms with E-state index in [9.17, 15) is 0 Å². The standard InChI is InChI=1S/C14H24N2/c1-4-8-12(3)14(15-5-2)11-13-9-6-7-10-16-13/h6-7,9-10,12,14-15H,4-5,8,11H2,1-3H3. The van der Waals surface area contributed by atoms with Crippen LogP contribution >= 0.6 is 0 Å². The Kier molecular flexibility index (Phi) is 6.09. The summed E-state index contributed by atoms with van der Waals surface area (Å²) >= 11 is 0. The monoisotopic (exact) mass is 220 g/mol. The molecule has 0 aliphatic carbocycles. The topological polar surface area (TPSA) is 24.9 Å². The molecule has 0 aliphatic heterocycles. The highest BCUT2D eigenvalue weighted by Crippen LogP contribution is 2.14. The SMILES string of the molecule is CCCC(C)C(Cc1ccccn1)NCC. The Hall–Kier alpha value is -0.890. The minimum Gasteiger partial charge on any atom is -0.314 e. The highest BCUT2D eigenvalue weighted by molar-refractivity contribution is 5.05. The van der Waals surface area contributed by atoms with Crippen molar-refractivity contribution in [2.24, 2.45) is 5.92 Å². The molecule has 2 unspecified atom stereocenters. The Bertz CT molecular complexity index is 271. The van der Waals surface area contributed by atoms with Crippen molar-refractivity contribution in [3.05, 3.63) is 30.1 Å². The molecular weight excluding hydrogens is 196 g/mol. The number of nitrogens with one attached hydrogen (secondary N) is 1. The van der Waals surface area contributed by atoms with E-state index in [0.29, 0.717) is 12.0 Å². The zero-order chi connectivity index (χ0) is 11.8. The molecule has 0 aliphatic rings. The van der Waals surface area contributed by atoms with Crippen molar-refractivity contribution in [3.63, 3.8) is 0 Å². The van der Waals surface area contributed by atoms with Crippen molar-refractivity contribution in [1.29, 1.82) is 0 Å². The van der Waals surface area contributed by atoms with Crippen LogP contribution in [-0.4, -0.2) is 17.6 Å². The molecule has 0 amide bonds. The van der Waals surface area contributed by atoms with Gasteiger partial charge in [-0.05, 0) is 31.0 Å². The minimum absolute atomic E-state index is 0.555. The Labute approximate surface area is 99.5 Å². The lowest BCUT2D eigenvalue weighted by atomic mass is 9.93. The van der Waals surface area contributed by atoms with Crippen LogP contribution in [0, 0.1) is 5.92 Å². The summed E-state index contributed by atoms with van der Waals surface area (Å²) in [6.07, 6.45) is 5.45. The number of aromatic nitrogens is 1. The molecule has 1 N–H and O–H groups in total. The van der Waals surface area contributed by atoms with Crippen molar-refractivity contribution in [2.75, 3.05) is 6.54 Å². The van der Waals surface area contributed by atoms with Gasteiger partial charge in [0, 0.05) is 24.4 Å². The molecule has 1 heterocycles. The molecule has 0 saturated carbocycles. The molecule has 1 aromatic rings. The van der Waals surface area contributed by atoms with Crippen LogP contribution in [0.5, 0.6) is 0 Å². The van der Waals surface area contributed by atoms with Crippen LogP contribution in [0.1, 0.15) is 39.3 Å². The maximum absolute atomic E-state index is 4.40. The maximum atomic E-state index is 4.40. The Balaban J connectivity index is 2.57. The smallest absolute Gasteiger partial charge is 0.0419 e. The van der Waals surface area contributed by atoms with Gasteiger partial charge in [0.05, 0.1) is 0 Å². The van der Waals surface area contributed by atoms with Gasteiger partial charge in [0.15, 0.2) is 0 Å². The van der Waals surface area contributed by atoms with Gasteiger partial charge in [0.1, 0.15) is 0 Å². The third kappa shape index (κ3) is 4.31. The summed E-state index contributed by atoms with van der Waals surface area (Å²) in [6.45, 7) is 7.79. The molecule has 0 spiro atoms. The molecule has 1 rings (SSSR count). The van der Waals surface area contributed by atoms with E-state index in [0.717, 1.165) is 13.0 Å².